The first kappa shape index (κ1) is 25.6. The molecule has 6 heteroatoms. The van der Waals surface area contributed by atoms with Crippen molar-refractivity contribution in [1.82, 2.24) is 4.57 Å². The molecule has 3 aromatic carbocycles. The van der Waals surface area contributed by atoms with Crippen LogP contribution < -0.4 is 14.8 Å². The minimum atomic E-state index is -0.393. The molecule has 0 radical (unpaired) electrons. The summed E-state index contributed by atoms with van der Waals surface area (Å²) in [4.78, 5) is 27.2. The Morgan fingerprint density at radius 3 is 2.39 bits per heavy atom. The highest BCUT2D eigenvalue weighted by Gasteiger charge is 2.19. The third kappa shape index (κ3) is 5.33. The summed E-state index contributed by atoms with van der Waals surface area (Å²) in [7, 11) is 0. The minimum absolute atomic E-state index is 0.0447. The average Bonchev–Trinajstić information content (AvgIpc) is 3.18. The SMILES string of the molecule is CCCc1ccc(C(=O)C(C#N)=c2sc(=Cc3ccc(Br)cc3)c(=O)n2-c2cc(C)ccc2C)cc1. The van der Waals surface area contributed by atoms with Gasteiger partial charge < -0.3 is 0 Å². The van der Waals surface area contributed by atoms with Crippen molar-refractivity contribution in [2.45, 2.75) is 33.6 Å². The molecule has 1 heterocycles. The summed E-state index contributed by atoms with van der Waals surface area (Å²) in [6.45, 7) is 5.97. The molecule has 1 aromatic heterocycles. The lowest BCUT2D eigenvalue weighted by atomic mass is 10.0. The number of rotatable bonds is 6. The van der Waals surface area contributed by atoms with E-state index in [0.29, 0.717) is 20.4 Å². The van der Waals surface area contributed by atoms with E-state index in [9.17, 15) is 14.9 Å². The van der Waals surface area contributed by atoms with Gasteiger partial charge in [0.15, 0.2) is 0 Å². The number of ketones is 1. The second kappa shape index (κ2) is 11.0. The molecule has 0 atom stereocenters. The van der Waals surface area contributed by atoms with E-state index in [0.717, 1.165) is 50.9 Å². The number of Topliss-reactive ketones (excluding diaryl/α,β-unsaturated/α-hetero) is 1. The molecule has 180 valence electrons. The number of thiazole rings is 1. The van der Waals surface area contributed by atoms with Crippen LogP contribution in [-0.2, 0) is 6.42 Å². The van der Waals surface area contributed by atoms with Crippen molar-refractivity contribution in [2.75, 3.05) is 0 Å². The Morgan fingerprint density at radius 1 is 1.06 bits per heavy atom. The van der Waals surface area contributed by atoms with Crippen LogP contribution in [0.4, 0.5) is 0 Å². The third-order valence-electron chi connectivity index (χ3n) is 5.90. The van der Waals surface area contributed by atoms with E-state index in [1.807, 2.05) is 68.4 Å². The Balaban J connectivity index is 2.01. The molecule has 0 spiro atoms. The largest absolute Gasteiger partial charge is 0.288 e. The number of hydrogen-bond donors (Lipinski definition) is 0. The second-order valence-electron chi connectivity index (χ2n) is 8.66. The van der Waals surface area contributed by atoms with E-state index in [1.54, 1.807) is 18.2 Å². The zero-order valence-electron chi connectivity index (χ0n) is 20.3. The first-order chi connectivity index (χ1) is 17.3. The molecule has 0 N–H and O–H groups in total. The van der Waals surface area contributed by atoms with Crippen molar-refractivity contribution in [3.8, 4) is 11.8 Å². The van der Waals surface area contributed by atoms with Crippen LogP contribution in [0.3, 0.4) is 0 Å². The lowest BCUT2D eigenvalue weighted by molar-refractivity contribution is 0.105. The molecule has 0 bridgehead atoms. The quantitative estimate of drug-likeness (QED) is 0.290. The molecule has 4 rings (SSSR count). The van der Waals surface area contributed by atoms with Crippen LogP contribution in [0.5, 0.6) is 0 Å². The number of aryl methyl sites for hydroxylation is 3. The lowest BCUT2D eigenvalue weighted by Gasteiger charge is -2.09. The molecule has 0 aliphatic rings. The van der Waals surface area contributed by atoms with Gasteiger partial charge in [0.25, 0.3) is 5.56 Å². The Bertz CT molecular complexity index is 1650. The summed E-state index contributed by atoms with van der Waals surface area (Å²) in [5.41, 5.74) is 4.65. The summed E-state index contributed by atoms with van der Waals surface area (Å²) < 4.78 is 3.24. The highest BCUT2D eigenvalue weighted by molar-refractivity contribution is 9.10. The van der Waals surface area contributed by atoms with Crippen LogP contribution in [0.2, 0.25) is 0 Å². The van der Waals surface area contributed by atoms with E-state index in [4.69, 9.17) is 0 Å². The number of nitriles is 1. The summed E-state index contributed by atoms with van der Waals surface area (Å²) >= 11 is 4.60. The van der Waals surface area contributed by atoms with E-state index in [-0.39, 0.29) is 11.1 Å². The predicted molar refractivity (Wildman–Crippen MR) is 150 cm³/mol. The molecular formula is C30H25BrN2O2S. The lowest BCUT2D eigenvalue weighted by Crippen LogP contribution is -2.32. The van der Waals surface area contributed by atoms with Crippen molar-refractivity contribution >= 4 is 44.7 Å². The van der Waals surface area contributed by atoms with Gasteiger partial charge in [-0.25, -0.2) is 0 Å². The Hall–Kier alpha value is -3.53. The maximum Gasteiger partial charge on any atom is 0.273 e. The maximum atomic E-state index is 13.7. The minimum Gasteiger partial charge on any atom is -0.288 e. The molecule has 0 aliphatic heterocycles. The van der Waals surface area contributed by atoms with Gasteiger partial charge in [0.1, 0.15) is 16.3 Å². The molecular weight excluding hydrogens is 532 g/mol. The number of halogens is 1. The normalized spacial score (nSPS) is 12.4. The van der Waals surface area contributed by atoms with Gasteiger partial charge in [0, 0.05) is 10.0 Å². The number of nitrogens with zero attached hydrogens (tertiary/aromatic N) is 2. The molecule has 0 amide bonds. The fraction of sp³-hybridized carbons (Fsp3) is 0.167. The molecule has 0 saturated heterocycles. The van der Waals surface area contributed by atoms with E-state index in [1.165, 1.54) is 4.57 Å². The number of benzene rings is 3. The van der Waals surface area contributed by atoms with Crippen molar-refractivity contribution in [3.63, 3.8) is 0 Å². The molecule has 36 heavy (non-hydrogen) atoms. The van der Waals surface area contributed by atoms with Gasteiger partial charge in [-0.05, 0) is 66.8 Å². The number of hydrogen-bond acceptors (Lipinski definition) is 4. The second-order valence-corrected chi connectivity index (χ2v) is 10.6. The van der Waals surface area contributed by atoms with Gasteiger partial charge in [-0.3, -0.25) is 14.2 Å². The summed E-state index contributed by atoms with van der Waals surface area (Å²) in [6, 6.07) is 22.9. The summed E-state index contributed by atoms with van der Waals surface area (Å²) in [5, 5.41) is 10.1. The van der Waals surface area contributed by atoms with Gasteiger partial charge in [-0.1, -0.05) is 77.8 Å². The standard InChI is InChI=1S/C30H25BrN2O2S/c1-4-5-21-8-12-23(13-9-21)28(34)25(18-32)30-33(26-16-19(2)6-7-20(26)3)29(35)27(36-30)17-22-10-14-24(31)15-11-22/h6-17H,4-5H2,1-3H3. The van der Waals surface area contributed by atoms with Gasteiger partial charge in [0.05, 0.1) is 10.2 Å². The van der Waals surface area contributed by atoms with Crippen molar-refractivity contribution < 1.29 is 4.79 Å². The van der Waals surface area contributed by atoms with Crippen LogP contribution in [0.25, 0.3) is 17.3 Å². The Morgan fingerprint density at radius 2 is 1.75 bits per heavy atom. The van der Waals surface area contributed by atoms with Crippen LogP contribution in [0, 0.1) is 25.2 Å². The first-order valence-corrected chi connectivity index (χ1v) is 13.3. The van der Waals surface area contributed by atoms with Crippen molar-refractivity contribution in [2.24, 2.45) is 0 Å². The molecule has 0 aliphatic carbocycles. The van der Waals surface area contributed by atoms with E-state index >= 15 is 0 Å². The summed E-state index contributed by atoms with van der Waals surface area (Å²) in [5.74, 6) is -0.393. The predicted octanol–water partition coefficient (Wildman–Crippen LogP) is 5.62. The number of aromatic nitrogens is 1. The Labute approximate surface area is 222 Å². The summed E-state index contributed by atoms with van der Waals surface area (Å²) in [6.07, 6.45) is 3.73. The highest BCUT2D eigenvalue weighted by atomic mass is 79.9. The van der Waals surface area contributed by atoms with E-state index < -0.39 is 5.78 Å². The molecule has 0 unspecified atom stereocenters. The van der Waals surface area contributed by atoms with Crippen LogP contribution >= 0.6 is 27.3 Å². The monoisotopic (exact) mass is 556 g/mol. The number of carbonyl (C=O) groups excluding carboxylic acids is 1. The fourth-order valence-electron chi connectivity index (χ4n) is 3.99. The van der Waals surface area contributed by atoms with Crippen molar-refractivity contribution in [3.05, 3.63) is 119 Å². The average molecular weight is 558 g/mol. The van der Waals surface area contributed by atoms with Gasteiger partial charge in [-0.2, -0.15) is 5.26 Å². The van der Waals surface area contributed by atoms with Crippen LogP contribution in [0.15, 0.2) is 76.0 Å². The smallest absolute Gasteiger partial charge is 0.273 e. The van der Waals surface area contributed by atoms with Crippen molar-refractivity contribution in [1.29, 1.82) is 5.26 Å². The first-order valence-electron chi connectivity index (χ1n) is 11.7. The topological polar surface area (TPSA) is 62.9 Å². The van der Waals surface area contributed by atoms with E-state index in [2.05, 4.69) is 28.9 Å². The third-order valence-corrected chi connectivity index (χ3v) is 7.53. The molecule has 4 aromatic rings. The van der Waals surface area contributed by atoms with Crippen LogP contribution in [0.1, 0.15) is 46.0 Å². The Kier molecular flexibility index (Phi) is 7.83. The highest BCUT2D eigenvalue weighted by Crippen LogP contribution is 2.16. The molecule has 0 saturated carbocycles. The van der Waals surface area contributed by atoms with Gasteiger partial charge in [-0.15, -0.1) is 11.3 Å². The molecule has 0 fully saturated rings. The zero-order valence-corrected chi connectivity index (χ0v) is 22.7. The fourth-order valence-corrected chi connectivity index (χ4v) is 5.35. The van der Waals surface area contributed by atoms with Gasteiger partial charge in [0.2, 0.25) is 5.78 Å². The maximum absolute atomic E-state index is 13.7. The number of carbonyl (C=O) groups is 1. The molecule has 4 nitrogen and oxygen atoms in total. The van der Waals surface area contributed by atoms with Gasteiger partial charge >= 0.3 is 0 Å². The van der Waals surface area contributed by atoms with Crippen LogP contribution in [-0.4, -0.2) is 10.4 Å². The zero-order chi connectivity index (χ0) is 25.8.